The first-order chi connectivity index (χ1) is 15.2. The van der Waals surface area contributed by atoms with Crippen molar-refractivity contribution < 1.29 is 14.3 Å². The van der Waals surface area contributed by atoms with Gasteiger partial charge in [-0.15, -0.1) is 0 Å². The molecule has 2 heterocycles. The molecule has 0 unspecified atom stereocenters. The lowest BCUT2D eigenvalue weighted by Gasteiger charge is -2.33. The molecule has 2 amide bonds. The largest absolute Gasteiger partial charge is 0.444 e. The topological polar surface area (TPSA) is 80.6 Å². The molecule has 1 aliphatic heterocycles. The van der Waals surface area contributed by atoms with Crippen molar-refractivity contribution in [2.75, 3.05) is 13.1 Å². The van der Waals surface area contributed by atoms with Crippen LogP contribution in [-0.4, -0.2) is 40.2 Å². The van der Waals surface area contributed by atoms with Crippen LogP contribution in [-0.2, 0) is 22.6 Å². The second-order valence-electron chi connectivity index (χ2n) is 9.37. The summed E-state index contributed by atoms with van der Waals surface area (Å²) < 4.78 is 7.08. The van der Waals surface area contributed by atoms with Gasteiger partial charge < -0.3 is 19.5 Å². The summed E-state index contributed by atoms with van der Waals surface area (Å²) in [4.78, 5) is 38.1. The number of carbonyl (C=O) groups is 2. The number of piperidine rings is 1. The Kier molecular flexibility index (Phi) is 7.72. The highest BCUT2D eigenvalue weighted by molar-refractivity contribution is 5.76. The zero-order valence-electron chi connectivity index (χ0n) is 19.2. The summed E-state index contributed by atoms with van der Waals surface area (Å²) in [5, 5.41) is 2.99. The number of amides is 2. The molecule has 0 radical (unpaired) electrons. The summed E-state index contributed by atoms with van der Waals surface area (Å²) in [5.74, 6) is 0.306. The van der Waals surface area contributed by atoms with Crippen LogP contribution in [0.25, 0.3) is 0 Å². The number of rotatable bonds is 6. The Morgan fingerprint density at radius 3 is 2.31 bits per heavy atom. The van der Waals surface area contributed by atoms with Crippen molar-refractivity contribution in [1.29, 1.82) is 0 Å². The minimum atomic E-state index is -0.495. The molecule has 7 nitrogen and oxygen atoms in total. The molecule has 172 valence electrons. The average molecular weight is 440 g/mol. The van der Waals surface area contributed by atoms with Gasteiger partial charge in [0.25, 0.3) is 5.56 Å². The van der Waals surface area contributed by atoms with Gasteiger partial charge in [-0.25, -0.2) is 4.79 Å². The minimum Gasteiger partial charge on any atom is -0.444 e. The van der Waals surface area contributed by atoms with Crippen molar-refractivity contribution in [2.45, 2.75) is 58.7 Å². The van der Waals surface area contributed by atoms with Crippen LogP contribution >= 0.6 is 0 Å². The van der Waals surface area contributed by atoms with E-state index in [1.165, 1.54) is 0 Å². The molecule has 32 heavy (non-hydrogen) atoms. The van der Waals surface area contributed by atoms with Crippen LogP contribution in [0.2, 0.25) is 0 Å². The highest BCUT2D eigenvalue weighted by atomic mass is 16.6. The molecule has 7 heteroatoms. The molecule has 0 saturated carbocycles. The third-order valence-electron chi connectivity index (χ3n) is 5.50. The molecule has 1 aromatic carbocycles. The fraction of sp³-hybridized carbons (Fsp3) is 0.480. The van der Waals surface area contributed by atoms with Crippen LogP contribution in [0.5, 0.6) is 0 Å². The number of nitrogens with one attached hydrogen (secondary N) is 1. The molecule has 1 N–H and O–H groups in total. The summed E-state index contributed by atoms with van der Waals surface area (Å²) in [7, 11) is 0. The monoisotopic (exact) mass is 439 g/mol. The zero-order chi connectivity index (χ0) is 23.1. The molecular weight excluding hydrogens is 406 g/mol. The number of likely N-dealkylation sites (tertiary alicyclic amines) is 1. The van der Waals surface area contributed by atoms with Gasteiger partial charge in [0.2, 0.25) is 5.91 Å². The number of aromatic nitrogens is 1. The van der Waals surface area contributed by atoms with Gasteiger partial charge in [-0.1, -0.05) is 30.3 Å². The smallest absolute Gasteiger partial charge is 0.410 e. The molecule has 2 aromatic rings. The van der Waals surface area contributed by atoms with E-state index < -0.39 is 5.60 Å². The predicted octanol–water partition coefficient (Wildman–Crippen LogP) is 3.55. The first-order valence-electron chi connectivity index (χ1n) is 11.2. The maximum Gasteiger partial charge on any atom is 0.410 e. The quantitative estimate of drug-likeness (QED) is 0.746. The summed E-state index contributed by atoms with van der Waals surface area (Å²) in [6.45, 7) is 7.83. The van der Waals surface area contributed by atoms with E-state index in [2.05, 4.69) is 5.32 Å². The van der Waals surface area contributed by atoms with E-state index in [0.717, 1.165) is 24.0 Å². The van der Waals surface area contributed by atoms with E-state index in [4.69, 9.17) is 4.74 Å². The standard InChI is InChI=1S/C25H33N3O4/c1-25(2,3)32-24(31)27-14-11-19(12-15-27)16-22(29)26-17-20-7-9-21(10-8-20)18-28-13-5-4-6-23(28)30/h4-10,13,19H,11-12,14-18H2,1-3H3,(H,26,29). The molecule has 0 spiro atoms. The van der Waals surface area contributed by atoms with E-state index in [1.54, 1.807) is 27.8 Å². The number of hydrogen-bond donors (Lipinski definition) is 1. The van der Waals surface area contributed by atoms with Gasteiger partial charge in [0.05, 0.1) is 6.54 Å². The van der Waals surface area contributed by atoms with Crippen molar-refractivity contribution in [3.8, 4) is 0 Å². The normalized spacial score (nSPS) is 14.8. The highest BCUT2D eigenvalue weighted by Gasteiger charge is 2.27. The number of hydrogen-bond acceptors (Lipinski definition) is 4. The van der Waals surface area contributed by atoms with Gasteiger partial charge >= 0.3 is 6.09 Å². The van der Waals surface area contributed by atoms with Crippen molar-refractivity contribution >= 4 is 12.0 Å². The third kappa shape index (κ3) is 7.25. The minimum absolute atomic E-state index is 0.0271. The maximum absolute atomic E-state index is 12.4. The van der Waals surface area contributed by atoms with Crippen LogP contribution in [0, 0.1) is 5.92 Å². The van der Waals surface area contributed by atoms with Gasteiger partial charge in [-0.3, -0.25) is 9.59 Å². The number of ether oxygens (including phenoxy) is 1. The van der Waals surface area contributed by atoms with Crippen LogP contribution in [0.3, 0.4) is 0 Å². The Morgan fingerprint density at radius 1 is 1.03 bits per heavy atom. The highest BCUT2D eigenvalue weighted by Crippen LogP contribution is 2.22. The van der Waals surface area contributed by atoms with Gasteiger partial charge in [0.1, 0.15) is 5.60 Å². The van der Waals surface area contributed by atoms with Crippen LogP contribution in [0.15, 0.2) is 53.5 Å². The van der Waals surface area contributed by atoms with E-state index in [0.29, 0.717) is 32.6 Å². The van der Waals surface area contributed by atoms with E-state index >= 15 is 0 Å². The summed E-state index contributed by atoms with van der Waals surface area (Å²) in [5.41, 5.74) is 1.53. The van der Waals surface area contributed by atoms with Gasteiger partial charge in [0, 0.05) is 38.3 Å². The SMILES string of the molecule is CC(C)(C)OC(=O)N1CCC(CC(=O)NCc2ccc(Cn3ccccc3=O)cc2)CC1. The molecule has 1 fully saturated rings. The molecule has 1 aliphatic rings. The lowest BCUT2D eigenvalue weighted by atomic mass is 9.93. The van der Waals surface area contributed by atoms with Crippen molar-refractivity contribution in [1.82, 2.24) is 14.8 Å². The number of carbonyl (C=O) groups excluding carboxylic acids is 2. The predicted molar refractivity (Wildman–Crippen MR) is 123 cm³/mol. The third-order valence-corrected chi connectivity index (χ3v) is 5.50. The average Bonchev–Trinajstić information content (AvgIpc) is 2.74. The summed E-state index contributed by atoms with van der Waals surface area (Å²) >= 11 is 0. The van der Waals surface area contributed by atoms with Crippen molar-refractivity contribution in [3.63, 3.8) is 0 Å². The van der Waals surface area contributed by atoms with Crippen molar-refractivity contribution in [2.24, 2.45) is 5.92 Å². The fourth-order valence-corrected chi connectivity index (χ4v) is 3.73. The van der Waals surface area contributed by atoms with Crippen molar-refractivity contribution in [3.05, 3.63) is 70.1 Å². The number of nitrogens with zero attached hydrogens (tertiary/aromatic N) is 2. The first kappa shape index (κ1) is 23.6. The van der Waals surface area contributed by atoms with E-state index in [9.17, 15) is 14.4 Å². The maximum atomic E-state index is 12.4. The Labute approximate surface area is 189 Å². The van der Waals surface area contributed by atoms with Crippen LogP contribution < -0.4 is 10.9 Å². The van der Waals surface area contributed by atoms with Gasteiger partial charge in [0.15, 0.2) is 0 Å². The molecule has 0 bridgehead atoms. The Bertz CT molecular complexity index is 968. The number of pyridine rings is 1. The molecule has 1 aromatic heterocycles. The Balaban J connectivity index is 1.39. The van der Waals surface area contributed by atoms with E-state index in [-0.39, 0.29) is 23.5 Å². The molecular formula is C25H33N3O4. The second-order valence-corrected chi connectivity index (χ2v) is 9.37. The molecule has 0 aliphatic carbocycles. The van der Waals surface area contributed by atoms with Crippen LogP contribution in [0.1, 0.15) is 51.2 Å². The Hall–Kier alpha value is -3.09. The summed E-state index contributed by atoms with van der Waals surface area (Å²) in [6, 6.07) is 13.0. The molecule has 1 saturated heterocycles. The number of benzene rings is 1. The zero-order valence-corrected chi connectivity index (χ0v) is 19.2. The Morgan fingerprint density at radius 2 is 1.69 bits per heavy atom. The van der Waals surface area contributed by atoms with Crippen LogP contribution in [0.4, 0.5) is 4.79 Å². The van der Waals surface area contributed by atoms with Gasteiger partial charge in [-0.05, 0) is 56.7 Å². The lowest BCUT2D eigenvalue weighted by molar-refractivity contribution is -0.122. The first-order valence-corrected chi connectivity index (χ1v) is 11.2. The van der Waals surface area contributed by atoms with Gasteiger partial charge in [-0.2, -0.15) is 0 Å². The second kappa shape index (κ2) is 10.5. The fourth-order valence-electron chi connectivity index (χ4n) is 3.73. The molecule has 3 rings (SSSR count). The lowest BCUT2D eigenvalue weighted by Crippen LogP contribution is -2.42. The molecule has 0 atom stereocenters. The summed E-state index contributed by atoms with van der Waals surface area (Å²) in [6.07, 6.45) is 3.58. The van der Waals surface area contributed by atoms with E-state index in [1.807, 2.05) is 51.1 Å².